The van der Waals surface area contributed by atoms with Crippen LogP contribution < -0.4 is 26.3 Å². The second kappa shape index (κ2) is 3.56. The number of benzene rings is 1. The molecule has 0 bridgehead atoms. The van der Waals surface area contributed by atoms with Gasteiger partial charge in [0.25, 0.3) is 0 Å². The molecule has 4 heteroatoms. The van der Waals surface area contributed by atoms with Crippen LogP contribution in [0, 0.1) is 8.98 Å². The average molecular weight is 263 g/mol. The fourth-order valence-electron chi connectivity index (χ4n) is 0.603. The number of rotatable bonds is 2. The van der Waals surface area contributed by atoms with Crippen LogP contribution in [0.5, 0.6) is 5.75 Å². The molecule has 1 aromatic rings. The van der Waals surface area contributed by atoms with Gasteiger partial charge < -0.3 is 0 Å². The van der Waals surface area contributed by atoms with Crippen LogP contribution in [0.4, 0.5) is 0 Å². The van der Waals surface area contributed by atoms with Crippen LogP contribution in [0.1, 0.15) is 0 Å². The molecule has 0 saturated heterocycles. The molecule has 0 aliphatic rings. The van der Waals surface area contributed by atoms with Crippen LogP contribution in [-0.4, -0.2) is 9.01 Å². The molecule has 0 aliphatic carbocycles. The van der Waals surface area contributed by atoms with Gasteiger partial charge in [0.05, 0.1) is 0 Å². The molecule has 0 heterocycles. The van der Waals surface area contributed by atoms with E-state index in [1.54, 1.807) is 12.1 Å². The summed E-state index contributed by atoms with van der Waals surface area (Å²) in [6.45, 7) is 0. The van der Waals surface area contributed by atoms with Crippen molar-refractivity contribution in [3.63, 3.8) is 0 Å². The van der Waals surface area contributed by atoms with E-state index in [2.05, 4.69) is 0 Å². The Balaban J connectivity index is 2.74. The van der Waals surface area contributed by atoms with Crippen LogP contribution in [0.25, 0.3) is 0 Å². The van der Waals surface area contributed by atoms with Gasteiger partial charge >= 0.3 is 74.3 Å². The molecule has 3 nitrogen and oxygen atoms in total. The summed E-state index contributed by atoms with van der Waals surface area (Å²) >= 11 is -0.829. The second-order valence-corrected chi connectivity index (χ2v) is 4.61. The fourth-order valence-corrected chi connectivity index (χ4v) is 1.89. The number of hydrogen-bond acceptors (Lipinski definition) is 3. The summed E-state index contributed by atoms with van der Waals surface area (Å²) in [6, 6.07) is 6.40. The Hall–Kier alpha value is -0.780. The Bertz CT molecular complexity index is 258. The summed E-state index contributed by atoms with van der Waals surface area (Å²) < 4.78 is 0.357. The van der Waals surface area contributed by atoms with Gasteiger partial charge in [-0.05, 0) is 0 Å². The topological polar surface area (TPSA) is 67.1 Å². The van der Waals surface area contributed by atoms with E-state index in [9.17, 15) is 5.11 Å². The van der Waals surface area contributed by atoms with Gasteiger partial charge in [0.1, 0.15) is 0 Å². The summed E-state index contributed by atoms with van der Waals surface area (Å²) in [7, 11) is 0. The number of halogens is 1. The van der Waals surface area contributed by atoms with E-state index in [4.69, 9.17) is 10.5 Å². The van der Waals surface area contributed by atoms with Gasteiger partial charge in [0, 0.05) is 0 Å². The van der Waals surface area contributed by atoms with Crippen molar-refractivity contribution in [3.8, 4) is 5.75 Å². The van der Waals surface area contributed by atoms with Crippen molar-refractivity contribution in [2.75, 3.05) is 0 Å². The van der Waals surface area contributed by atoms with Crippen LogP contribution >= 0.6 is 0 Å². The van der Waals surface area contributed by atoms with Crippen LogP contribution in [0.3, 0.4) is 0 Å². The Kier molecular flexibility index (Phi) is 2.70. The summed E-state index contributed by atoms with van der Waals surface area (Å²) in [5.74, 6) is 0.190. The maximum absolute atomic E-state index is 10.4. The van der Waals surface area contributed by atoms with Crippen molar-refractivity contribution < 1.29 is 31.4 Å². The summed E-state index contributed by atoms with van der Waals surface area (Å²) in [4.78, 5) is 0. The van der Waals surface area contributed by atoms with Crippen molar-refractivity contribution in [2.24, 2.45) is 0 Å². The zero-order chi connectivity index (χ0) is 8.27. The van der Waals surface area contributed by atoms with Gasteiger partial charge in [-0.25, -0.2) is 0 Å². The van der Waals surface area contributed by atoms with Crippen molar-refractivity contribution in [1.29, 1.82) is 5.41 Å². The van der Waals surface area contributed by atoms with E-state index >= 15 is 0 Å². The van der Waals surface area contributed by atoms with Crippen LogP contribution in [0.15, 0.2) is 24.3 Å². The zero-order valence-electron chi connectivity index (χ0n) is 5.54. The number of hydrogen-bond donors (Lipinski definition) is 2. The van der Waals surface area contributed by atoms with E-state index in [0.717, 1.165) is 3.57 Å². The normalized spacial score (nSPS) is 9.82. The maximum atomic E-state index is 10.4. The second-order valence-electron chi connectivity index (χ2n) is 1.84. The number of nitrogens with one attached hydrogen (secondary N) is 1. The number of phenols is 1. The van der Waals surface area contributed by atoms with E-state index in [1.165, 1.54) is 12.1 Å². The molecule has 0 spiro atoms. The summed E-state index contributed by atoms with van der Waals surface area (Å²) in [5, 5.41) is 25.9. The minimum absolute atomic E-state index is 0.190. The Morgan fingerprint density at radius 1 is 1.36 bits per heavy atom. The molecule has 0 saturated carbocycles. The zero-order valence-corrected chi connectivity index (χ0v) is 7.70. The van der Waals surface area contributed by atoms with Crippen molar-refractivity contribution in [3.05, 3.63) is 27.8 Å². The predicted octanol–water partition coefficient (Wildman–Crippen LogP) is -3.05. The van der Waals surface area contributed by atoms with E-state index in [0.29, 0.717) is 0 Å². The number of aromatic hydroxyl groups is 1. The predicted molar refractivity (Wildman–Crippen MR) is 34.5 cm³/mol. The third kappa shape index (κ3) is 2.75. The van der Waals surface area contributed by atoms with Gasteiger partial charge in [-0.1, -0.05) is 0 Å². The molecule has 1 rings (SSSR count). The third-order valence-electron chi connectivity index (χ3n) is 1.02. The molecule has 0 atom stereocenters. The molecule has 1 aromatic carbocycles. The van der Waals surface area contributed by atoms with Crippen LogP contribution in [0.2, 0.25) is 0 Å². The Labute approximate surface area is 74.5 Å². The average Bonchev–Trinajstić information content (AvgIpc) is 1.93. The Morgan fingerprint density at radius 2 is 1.91 bits per heavy atom. The van der Waals surface area contributed by atoms with Crippen LogP contribution in [-0.2, 0) is 0 Å². The van der Waals surface area contributed by atoms with Gasteiger partial charge in [-0.15, -0.1) is 0 Å². The van der Waals surface area contributed by atoms with Gasteiger partial charge in [-0.2, -0.15) is 0 Å². The summed E-state index contributed by atoms with van der Waals surface area (Å²) in [5.41, 5.74) is 0. The number of phenolic OH excluding ortho intramolecular Hbond substituents is 1. The molecular weight excluding hydrogens is 257 g/mol. The molecular formula is C7H6INO2-2. The summed E-state index contributed by atoms with van der Waals surface area (Å²) in [6.07, 6.45) is 0. The first-order valence-electron chi connectivity index (χ1n) is 2.88. The first-order valence-corrected chi connectivity index (χ1v) is 5.03. The first kappa shape index (κ1) is 8.32. The standard InChI is InChI=1S/C7H7INO2/c9-7(11)8-5-1-3-6(10)4-2-5/h1-4,10H,(H2,9,11)/q-1/p-1. The van der Waals surface area contributed by atoms with E-state index in [-0.39, 0.29) is 5.75 Å². The van der Waals surface area contributed by atoms with Crippen molar-refractivity contribution >= 4 is 3.90 Å². The molecule has 0 amide bonds. The minimum atomic E-state index is -0.829. The molecule has 0 aromatic heterocycles. The third-order valence-corrected chi connectivity index (χ3v) is 2.85. The molecule has 0 radical (unpaired) electrons. The van der Waals surface area contributed by atoms with Crippen molar-refractivity contribution in [2.45, 2.75) is 0 Å². The Morgan fingerprint density at radius 3 is 2.36 bits per heavy atom. The van der Waals surface area contributed by atoms with Gasteiger partial charge in [-0.3, -0.25) is 0 Å². The van der Waals surface area contributed by atoms with Crippen molar-refractivity contribution in [1.82, 2.24) is 0 Å². The SMILES string of the molecule is N=C([O-])[I-]c1ccc(O)cc1. The molecule has 11 heavy (non-hydrogen) atoms. The van der Waals surface area contributed by atoms with Gasteiger partial charge in [0.15, 0.2) is 0 Å². The fraction of sp³-hybridized carbons (Fsp3) is 0. The molecule has 60 valence electrons. The van der Waals surface area contributed by atoms with E-state index < -0.39 is 25.1 Å². The first-order chi connectivity index (χ1) is 5.18. The molecule has 2 N–H and O–H groups in total. The molecule has 0 unspecified atom stereocenters. The quantitative estimate of drug-likeness (QED) is 0.338. The molecule has 0 fully saturated rings. The monoisotopic (exact) mass is 263 g/mol. The molecule has 0 aliphatic heterocycles. The van der Waals surface area contributed by atoms with Gasteiger partial charge in [0.2, 0.25) is 0 Å². The van der Waals surface area contributed by atoms with E-state index in [1.807, 2.05) is 0 Å².